The molecule has 3 heterocycles. The van der Waals surface area contributed by atoms with E-state index in [1.807, 2.05) is 54.9 Å². The van der Waals surface area contributed by atoms with Crippen molar-refractivity contribution in [2.24, 2.45) is 0 Å². The van der Waals surface area contributed by atoms with Gasteiger partial charge in [-0.15, -0.1) is 9.78 Å². The molecule has 0 spiro atoms. The summed E-state index contributed by atoms with van der Waals surface area (Å²) in [6.07, 6.45) is 0. The summed E-state index contributed by atoms with van der Waals surface area (Å²) in [4.78, 5) is 8.71. The number of tetrazole rings is 1. The molecule has 0 atom stereocenters. The van der Waals surface area contributed by atoms with Gasteiger partial charge in [0.25, 0.3) is 5.78 Å². The van der Waals surface area contributed by atoms with E-state index in [9.17, 15) is 0 Å². The van der Waals surface area contributed by atoms with Gasteiger partial charge in [0.05, 0.1) is 0 Å². The molecular formula is C14H13N8S+. The van der Waals surface area contributed by atoms with E-state index in [4.69, 9.17) is 0 Å². The van der Waals surface area contributed by atoms with Gasteiger partial charge < -0.3 is 0 Å². The van der Waals surface area contributed by atoms with Crippen LogP contribution in [0.2, 0.25) is 0 Å². The summed E-state index contributed by atoms with van der Waals surface area (Å²) >= 11 is 1.45. The number of hydrogen-bond donors (Lipinski definition) is 1. The molecule has 0 aliphatic carbocycles. The summed E-state index contributed by atoms with van der Waals surface area (Å²) < 4.78 is 3.53. The maximum atomic E-state index is 4.39. The Morgan fingerprint density at radius 3 is 2.78 bits per heavy atom. The number of aryl methyl sites for hydroxylation is 2. The Labute approximate surface area is 135 Å². The molecule has 4 rings (SSSR count). The number of nitrogens with one attached hydrogen (secondary N) is 1. The fourth-order valence-corrected chi connectivity index (χ4v) is 3.17. The zero-order valence-electron chi connectivity index (χ0n) is 12.5. The molecule has 1 aromatic carbocycles. The highest BCUT2D eigenvalue weighted by Crippen LogP contribution is 2.24. The van der Waals surface area contributed by atoms with Crippen LogP contribution in [0.25, 0.3) is 11.5 Å². The van der Waals surface area contributed by atoms with Crippen molar-refractivity contribution in [3.63, 3.8) is 0 Å². The van der Waals surface area contributed by atoms with Crippen LogP contribution in [0.4, 0.5) is 0 Å². The molecule has 23 heavy (non-hydrogen) atoms. The molecule has 0 bridgehead atoms. The summed E-state index contributed by atoms with van der Waals surface area (Å²) in [6, 6.07) is 11.8. The van der Waals surface area contributed by atoms with Crippen LogP contribution in [-0.2, 0) is 0 Å². The van der Waals surface area contributed by atoms with E-state index >= 15 is 0 Å². The molecular weight excluding hydrogens is 312 g/mol. The van der Waals surface area contributed by atoms with Crippen molar-refractivity contribution in [2.75, 3.05) is 0 Å². The summed E-state index contributed by atoms with van der Waals surface area (Å²) in [5, 5.41) is 16.9. The van der Waals surface area contributed by atoms with Gasteiger partial charge >= 0.3 is 5.16 Å². The number of fused-ring (bicyclic) bond motifs is 1. The lowest BCUT2D eigenvalue weighted by molar-refractivity contribution is -0.697. The first-order valence-corrected chi connectivity index (χ1v) is 7.80. The smallest absolute Gasteiger partial charge is 0.216 e. The first-order chi connectivity index (χ1) is 11.2. The Morgan fingerprint density at radius 2 is 1.96 bits per heavy atom. The third-order valence-electron chi connectivity index (χ3n) is 3.20. The largest absolute Gasteiger partial charge is 0.371 e. The first-order valence-electron chi connectivity index (χ1n) is 6.98. The Hall–Kier alpha value is -2.81. The van der Waals surface area contributed by atoms with Crippen molar-refractivity contribution in [2.45, 2.75) is 24.0 Å². The second-order valence-electron chi connectivity index (χ2n) is 4.96. The highest BCUT2D eigenvalue weighted by molar-refractivity contribution is 7.99. The molecule has 0 saturated heterocycles. The molecule has 0 fully saturated rings. The van der Waals surface area contributed by atoms with Gasteiger partial charge in [-0.3, -0.25) is 0 Å². The number of hydrogen-bond acceptors (Lipinski definition) is 6. The minimum absolute atomic E-state index is 0.583. The van der Waals surface area contributed by atoms with Gasteiger partial charge in [0, 0.05) is 17.5 Å². The lowest BCUT2D eigenvalue weighted by Crippen LogP contribution is -2.34. The molecule has 0 amide bonds. The fraction of sp³-hybridized carbons (Fsp3) is 0.143. The predicted molar refractivity (Wildman–Crippen MR) is 82.3 cm³/mol. The topological polar surface area (TPSA) is 88.5 Å². The van der Waals surface area contributed by atoms with Gasteiger partial charge in [-0.25, -0.2) is 4.98 Å². The van der Waals surface area contributed by atoms with E-state index in [-0.39, 0.29) is 0 Å². The average molecular weight is 325 g/mol. The molecule has 9 heteroatoms. The van der Waals surface area contributed by atoms with Gasteiger partial charge in [0.15, 0.2) is 5.21 Å². The Morgan fingerprint density at radius 1 is 1.13 bits per heavy atom. The zero-order chi connectivity index (χ0) is 15.8. The number of rotatable bonds is 3. The zero-order valence-corrected chi connectivity index (χ0v) is 13.3. The van der Waals surface area contributed by atoms with Crippen LogP contribution in [0.3, 0.4) is 0 Å². The van der Waals surface area contributed by atoms with Crippen molar-refractivity contribution >= 4 is 17.5 Å². The number of H-pyrrole nitrogens is 1. The maximum Gasteiger partial charge on any atom is 0.371 e. The number of nitrogens with zero attached hydrogens (tertiary/aromatic N) is 7. The molecule has 8 nitrogen and oxygen atoms in total. The lowest BCUT2D eigenvalue weighted by atomic mass is 10.3. The normalized spacial score (nSPS) is 11.2. The highest BCUT2D eigenvalue weighted by Gasteiger charge is 2.20. The van der Waals surface area contributed by atoms with Crippen LogP contribution in [0.5, 0.6) is 0 Å². The van der Waals surface area contributed by atoms with Crippen LogP contribution in [-0.4, -0.2) is 35.1 Å². The summed E-state index contributed by atoms with van der Waals surface area (Å²) in [6.45, 7) is 3.78. The standard InChI is InChI=1S/C14H12N8S/c1-9-8-12(22-13(15-9)16-10(2)18-22)23-14-17-19-20-21(14)11-6-4-3-5-7-11/h3-8H,1-2H3/p+1. The molecule has 3 aromatic heterocycles. The summed E-state index contributed by atoms with van der Waals surface area (Å²) in [5.41, 5.74) is 1.83. The first kappa shape index (κ1) is 13.8. The Balaban J connectivity index is 1.79. The molecule has 0 aliphatic rings. The van der Waals surface area contributed by atoms with Gasteiger partial charge in [-0.2, -0.15) is 9.50 Å². The number of aromatic nitrogens is 8. The van der Waals surface area contributed by atoms with Gasteiger partial charge in [0.1, 0.15) is 21.6 Å². The molecule has 114 valence electrons. The van der Waals surface area contributed by atoms with Crippen molar-refractivity contribution in [3.05, 3.63) is 47.9 Å². The van der Waals surface area contributed by atoms with E-state index in [1.165, 1.54) is 11.8 Å². The molecule has 0 unspecified atom stereocenters. The second-order valence-corrected chi connectivity index (χ2v) is 5.95. The van der Waals surface area contributed by atoms with Crippen LogP contribution in [0.15, 0.2) is 46.6 Å². The summed E-state index contributed by atoms with van der Waals surface area (Å²) in [5.74, 6) is 1.26. The minimum atomic E-state index is 0.583. The number of aromatic amines is 1. The quantitative estimate of drug-likeness (QED) is 0.451. The third-order valence-corrected chi connectivity index (χ3v) is 4.14. The SMILES string of the molecule is Cc1cc(Sc2nn[nH][n+]2-c2ccccc2)n2nc(C)nc2n1. The molecule has 0 aliphatic heterocycles. The maximum absolute atomic E-state index is 4.39. The van der Waals surface area contributed by atoms with E-state index in [1.54, 1.807) is 4.52 Å². The molecule has 1 N–H and O–H groups in total. The monoisotopic (exact) mass is 325 g/mol. The second kappa shape index (κ2) is 5.43. The van der Waals surface area contributed by atoms with Crippen LogP contribution >= 0.6 is 11.8 Å². The van der Waals surface area contributed by atoms with Crippen molar-refractivity contribution in [1.82, 2.24) is 35.1 Å². The van der Waals surface area contributed by atoms with Crippen LogP contribution in [0.1, 0.15) is 11.5 Å². The molecule has 0 saturated carbocycles. The van der Waals surface area contributed by atoms with E-state index in [2.05, 4.69) is 30.6 Å². The minimum Gasteiger partial charge on any atom is -0.216 e. The van der Waals surface area contributed by atoms with Gasteiger partial charge in [-0.1, -0.05) is 23.4 Å². The fourth-order valence-electron chi connectivity index (χ4n) is 2.23. The average Bonchev–Trinajstić information content (AvgIpc) is 3.14. The third kappa shape index (κ3) is 2.55. The van der Waals surface area contributed by atoms with Crippen molar-refractivity contribution in [3.8, 4) is 5.69 Å². The van der Waals surface area contributed by atoms with Crippen molar-refractivity contribution < 1.29 is 4.68 Å². The van der Waals surface area contributed by atoms with Crippen LogP contribution < -0.4 is 4.68 Å². The van der Waals surface area contributed by atoms with Gasteiger partial charge in [0.2, 0.25) is 0 Å². The number of benzene rings is 1. The van der Waals surface area contributed by atoms with E-state index in [0.717, 1.165) is 16.4 Å². The van der Waals surface area contributed by atoms with Crippen LogP contribution in [0, 0.1) is 13.8 Å². The van der Waals surface area contributed by atoms with E-state index < -0.39 is 0 Å². The van der Waals surface area contributed by atoms with Crippen molar-refractivity contribution in [1.29, 1.82) is 0 Å². The molecule has 0 radical (unpaired) electrons. The summed E-state index contributed by atoms with van der Waals surface area (Å²) in [7, 11) is 0. The van der Waals surface area contributed by atoms with E-state index in [0.29, 0.717) is 16.8 Å². The predicted octanol–water partition coefficient (Wildman–Crippen LogP) is 1.29. The Bertz CT molecular complexity index is 975. The lowest BCUT2D eigenvalue weighted by Gasteiger charge is -2.02. The Kier molecular flexibility index (Phi) is 3.27. The highest BCUT2D eigenvalue weighted by atomic mass is 32.2. The molecule has 4 aromatic rings. The van der Waals surface area contributed by atoms with Gasteiger partial charge in [-0.05, 0) is 32.0 Å². The number of para-hydroxylation sites is 1.